The molecule has 0 spiro atoms. The van der Waals surface area contributed by atoms with E-state index in [-0.39, 0.29) is 11.5 Å². The van der Waals surface area contributed by atoms with E-state index in [0.29, 0.717) is 21.9 Å². The molecule has 3 aromatic carbocycles. The van der Waals surface area contributed by atoms with Crippen molar-refractivity contribution in [1.82, 2.24) is 19.4 Å². The summed E-state index contributed by atoms with van der Waals surface area (Å²) in [5, 5.41) is 1.36. The summed E-state index contributed by atoms with van der Waals surface area (Å²) >= 11 is 1.53. The van der Waals surface area contributed by atoms with Crippen molar-refractivity contribution in [2.24, 2.45) is 7.05 Å². The van der Waals surface area contributed by atoms with Crippen LogP contribution in [0.15, 0.2) is 82.7 Å². The summed E-state index contributed by atoms with van der Waals surface area (Å²) in [5.41, 5.74) is 4.75. The number of amides is 1. The number of carbonyl (C=O) groups excluding carboxylic acids is 1. The highest BCUT2D eigenvalue weighted by molar-refractivity contribution is 7.98. The van der Waals surface area contributed by atoms with Gasteiger partial charge in [0.1, 0.15) is 0 Å². The van der Waals surface area contributed by atoms with Gasteiger partial charge in [-0.15, -0.1) is 0 Å². The van der Waals surface area contributed by atoms with Crippen LogP contribution in [0.5, 0.6) is 0 Å². The molecule has 36 heavy (non-hydrogen) atoms. The average molecular weight is 499 g/mol. The monoisotopic (exact) mass is 498 g/mol. The molecule has 0 aliphatic carbocycles. The molecule has 0 N–H and O–H groups in total. The van der Waals surface area contributed by atoms with Gasteiger partial charge in [-0.3, -0.25) is 19.1 Å². The second kappa shape index (κ2) is 10.7. The van der Waals surface area contributed by atoms with E-state index in [1.54, 1.807) is 11.6 Å². The Kier molecular flexibility index (Phi) is 7.20. The fourth-order valence-electron chi connectivity index (χ4n) is 4.61. The lowest BCUT2D eigenvalue weighted by Crippen LogP contribution is -2.48. The van der Waals surface area contributed by atoms with Crippen LogP contribution in [0.25, 0.3) is 10.9 Å². The van der Waals surface area contributed by atoms with Crippen molar-refractivity contribution in [3.05, 3.63) is 105 Å². The largest absolute Gasteiger partial charge is 0.336 e. The highest BCUT2D eigenvalue weighted by Gasteiger charge is 2.22. The molecule has 0 saturated carbocycles. The zero-order valence-corrected chi connectivity index (χ0v) is 21.5. The molecule has 6 nitrogen and oxygen atoms in total. The summed E-state index contributed by atoms with van der Waals surface area (Å²) in [6.07, 6.45) is 0. The van der Waals surface area contributed by atoms with Crippen LogP contribution in [0.1, 0.15) is 27.0 Å². The average Bonchev–Trinajstić information content (AvgIpc) is 2.91. The summed E-state index contributed by atoms with van der Waals surface area (Å²) in [7, 11) is 1.77. The molecule has 0 bridgehead atoms. The van der Waals surface area contributed by atoms with Crippen LogP contribution in [-0.4, -0.2) is 51.4 Å². The van der Waals surface area contributed by atoms with Crippen LogP contribution < -0.4 is 5.56 Å². The summed E-state index contributed by atoms with van der Waals surface area (Å²) < 4.78 is 1.62. The molecule has 1 saturated heterocycles. The Morgan fingerprint density at radius 2 is 1.61 bits per heavy atom. The molecule has 0 radical (unpaired) electrons. The second-order valence-electron chi connectivity index (χ2n) is 9.27. The molecule has 7 heteroatoms. The molecule has 5 rings (SSSR count). The first-order chi connectivity index (χ1) is 17.5. The number of benzene rings is 3. The number of aromatic nitrogens is 2. The minimum absolute atomic E-state index is 0.0228. The molecule has 184 valence electrons. The molecule has 0 atom stereocenters. The van der Waals surface area contributed by atoms with Crippen LogP contribution in [0.3, 0.4) is 0 Å². The zero-order chi connectivity index (χ0) is 25.1. The van der Waals surface area contributed by atoms with Crippen molar-refractivity contribution in [2.45, 2.75) is 24.4 Å². The zero-order valence-electron chi connectivity index (χ0n) is 20.7. The van der Waals surface area contributed by atoms with E-state index in [1.807, 2.05) is 60.4 Å². The van der Waals surface area contributed by atoms with Crippen molar-refractivity contribution in [3.8, 4) is 0 Å². The van der Waals surface area contributed by atoms with Gasteiger partial charge in [0.05, 0.1) is 10.9 Å². The van der Waals surface area contributed by atoms with Gasteiger partial charge in [0.25, 0.3) is 11.5 Å². The molecule has 0 unspecified atom stereocenters. The third-order valence-electron chi connectivity index (χ3n) is 6.75. The Morgan fingerprint density at radius 3 is 2.33 bits per heavy atom. The molecule has 1 fully saturated rings. The van der Waals surface area contributed by atoms with Crippen molar-refractivity contribution in [1.29, 1.82) is 0 Å². The second-order valence-corrected chi connectivity index (χ2v) is 10.2. The smallest absolute Gasteiger partial charge is 0.262 e. The highest BCUT2D eigenvalue weighted by Crippen LogP contribution is 2.23. The Morgan fingerprint density at radius 1 is 0.889 bits per heavy atom. The summed E-state index contributed by atoms with van der Waals surface area (Å²) in [4.78, 5) is 34.9. The minimum atomic E-state index is -0.0228. The molecular weight excluding hydrogens is 468 g/mol. The Balaban J connectivity index is 1.18. The number of hydrogen-bond acceptors (Lipinski definition) is 5. The molecule has 1 aliphatic heterocycles. The standard InChI is InChI=1S/C29H30N4O2S/c1-21-7-6-10-25-26(21)28(35)31(2)29(30-25)36-20-23-11-13-24(14-12-23)27(34)33-17-15-32(16-18-33)19-22-8-4-3-5-9-22/h3-14H,15-20H2,1-2H3. The Bertz CT molecular complexity index is 1430. The number of nitrogens with zero attached hydrogens (tertiary/aromatic N) is 4. The first-order valence-corrected chi connectivity index (χ1v) is 13.2. The minimum Gasteiger partial charge on any atom is -0.336 e. The molecular formula is C29H30N4O2S. The molecule has 1 aromatic heterocycles. The first kappa shape index (κ1) is 24.3. The third kappa shape index (κ3) is 5.22. The van der Waals surface area contributed by atoms with Gasteiger partial charge < -0.3 is 4.90 Å². The van der Waals surface area contributed by atoms with Gasteiger partial charge in [0.2, 0.25) is 0 Å². The lowest BCUT2D eigenvalue weighted by molar-refractivity contribution is 0.0628. The Labute approximate surface area is 215 Å². The van der Waals surface area contributed by atoms with Crippen LogP contribution >= 0.6 is 11.8 Å². The van der Waals surface area contributed by atoms with Gasteiger partial charge >= 0.3 is 0 Å². The number of fused-ring (bicyclic) bond motifs is 1. The molecule has 1 aliphatic rings. The SMILES string of the molecule is Cc1cccc2nc(SCc3ccc(C(=O)N4CCN(Cc5ccccc5)CC4)cc3)n(C)c(=O)c12. The van der Waals surface area contributed by atoms with E-state index >= 15 is 0 Å². The quantitative estimate of drug-likeness (QED) is 0.290. The van der Waals surface area contributed by atoms with Crippen molar-refractivity contribution < 1.29 is 4.79 Å². The lowest BCUT2D eigenvalue weighted by atomic mass is 10.1. The maximum Gasteiger partial charge on any atom is 0.262 e. The highest BCUT2D eigenvalue weighted by atomic mass is 32.2. The van der Waals surface area contributed by atoms with E-state index in [9.17, 15) is 9.59 Å². The van der Waals surface area contributed by atoms with E-state index in [2.05, 4.69) is 29.2 Å². The fourth-order valence-corrected chi connectivity index (χ4v) is 5.54. The number of piperazine rings is 1. The third-order valence-corrected chi connectivity index (χ3v) is 7.85. The topological polar surface area (TPSA) is 58.4 Å². The van der Waals surface area contributed by atoms with Gasteiger partial charge in [-0.2, -0.15) is 0 Å². The van der Waals surface area contributed by atoms with Crippen molar-refractivity contribution in [2.75, 3.05) is 26.2 Å². The summed E-state index contributed by atoms with van der Waals surface area (Å²) in [5.74, 6) is 0.757. The van der Waals surface area contributed by atoms with Crippen LogP contribution in [0.2, 0.25) is 0 Å². The predicted molar refractivity (Wildman–Crippen MR) is 145 cm³/mol. The predicted octanol–water partition coefficient (Wildman–Crippen LogP) is 4.49. The van der Waals surface area contributed by atoms with Crippen LogP contribution in [-0.2, 0) is 19.3 Å². The van der Waals surface area contributed by atoms with Crippen LogP contribution in [0.4, 0.5) is 0 Å². The van der Waals surface area contributed by atoms with Crippen molar-refractivity contribution >= 4 is 28.6 Å². The van der Waals surface area contributed by atoms with E-state index in [4.69, 9.17) is 4.98 Å². The number of hydrogen-bond donors (Lipinski definition) is 0. The number of thioether (sulfide) groups is 1. The number of aryl methyl sites for hydroxylation is 1. The van der Waals surface area contributed by atoms with Gasteiger partial charge in [-0.05, 0) is 41.8 Å². The maximum atomic E-state index is 13.0. The van der Waals surface area contributed by atoms with Gasteiger partial charge in [-0.1, -0.05) is 66.4 Å². The van der Waals surface area contributed by atoms with E-state index < -0.39 is 0 Å². The maximum absolute atomic E-state index is 13.0. The van der Waals surface area contributed by atoms with Gasteiger partial charge in [0, 0.05) is 51.1 Å². The van der Waals surface area contributed by atoms with Gasteiger partial charge in [-0.25, -0.2) is 4.98 Å². The molecule has 4 aromatic rings. The fraction of sp³-hybridized carbons (Fsp3) is 0.276. The number of carbonyl (C=O) groups is 1. The summed E-state index contributed by atoms with van der Waals surface area (Å²) in [6, 6.07) is 24.0. The van der Waals surface area contributed by atoms with Crippen LogP contribution in [0, 0.1) is 6.92 Å². The summed E-state index contributed by atoms with van der Waals surface area (Å²) in [6.45, 7) is 6.10. The normalized spacial score (nSPS) is 14.3. The molecule has 1 amide bonds. The lowest BCUT2D eigenvalue weighted by Gasteiger charge is -2.34. The number of rotatable bonds is 6. The van der Waals surface area contributed by atoms with Gasteiger partial charge in [0.15, 0.2) is 5.16 Å². The van der Waals surface area contributed by atoms with E-state index in [1.165, 1.54) is 17.3 Å². The molecule has 2 heterocycles. The first-order valence-electron chi connectivity index (χ1n) is 12.2. The van der Waals surface area contributed by atoms with E-state index in [0.717, 1.165) is 49.4 Å². The van der Waals surface area contributed by atoms with Crippen molar-refractivity contribution in [3.63, 3.8) is 0 Å². The Hall–Kier alpha value is -3.42.